The molecule has 0 aliphatic carbocycles. The summed E-state index contributed by atoms with van der Waals surface area (Å²) in [6, 6.07) is 20.3. The minimum Gasteiger partial charge on any atom is -0.354 e. The number of benzene rings is 2. The van der Waals surface area contributed by atoms with Crippen molar-refractivity contribution in [2.45, 2.75) is 52.0 Å². The number of carbonyl (C=O) groups is 2. The molecule has 2 amide bonds. The lowest BCUT2D eigenvalue weighted by molar-refractivity contribution is -0.122. The zero-order valence-corrected chi connectivity index (χ0v) is 20.1. The van der Waals surface area contributed by atoms with Crippen molar-refractivity contribution in [3.8, 4) is 5.69 Å². The topological polar surface area (TPSA) is 67.2 Å². The van der Waals surface area contributed by atoms with E-state index < -0.39 is 0 Å². The Morgan fingerprint density at radius 3 is 2.35 bits per heavy atom. The van der Waals surface area contributed by atoms with Gasteiger partial charge in [0.15, 0.2) is 0 Å². The molecule has 0 bridgehead atoms. The maximum atomic E-state index is 13.1. The van der Waals surface area contributed by atoms with Gasteiger partial charge in [-0.3, -0.25) is 9.59 Å². The second-order valence-corrected chi connectivity index (χ2v) is 9.34. The van der Waals surface area contributed by atoms with Gasteiger partial charge in [-0.1, -0.05) is 48.5 Å². The predicted octanol–water partition coefficient (Wildman–Crippen LogP) is 4.56. The van der Waals surface area contributed by atoms with Crippen LogP contribution < -0.4 is 5.32 Å². The number of aryl methyl sites for hydroxylation is 2. The molecule has 1 fully saturated rings. The van der Waals surface area contributed by atoms with Gasteiger partial charge in [0.1, 0.15) is 0 Å². The third-order valence-electron chi connectivity index (χ3n) is 6.64. The first-order valence-corrected chi connectivity index (χ1v) is 12.2. The zero-order chi connectivity index (χ0) is 23.9. The van der Waals surface area contributed by atoms with E-state index in [1.54, 1.807) is 4.68 Å². The minimum absolute atomic E-state index is 0.0251. The van der Waals surface area contributed by atoms with Crippen molar-refractivity contribution in [1.82, 2.24) is 20.0 Å². The lowest BCUT2D eigenvalue weighted by Gasteiger charge is -2.32. The number of para-hydroxylation sites is 1. The summed E-state index contributed by atoms with van der Waals surface area (Å²) < 4.78 is 1.76. The van der Waals surface area contributed by atoms with Gasteiger partial charge in [-0.25, -0.2) is 4.68 Å². The Morgan fingerprint density at radius 2 is 1.68 bits per heavy atom. The van der Waals surface area contributed by atoms with E-state index in [0.717, 1.165) is 37.1 Å². The highest BCUT2D eigenvalue weighted by Gasteiger charge is 2.27. The van der Waals surface area contributed by atoms with E-state index in [1.165, 1.54) is 5.56 Å². The molecule has 6 heteroatoms. The van der Waals surface area contributed by atoms with Crippen molar-refractivity contribution in [2.75, 3.05) is 13.1 Å². The number of amides is 2. The molecule has 0 radical (unpaired) electrons. The van der Waals surface area contributed by atoms with Crippen molar-refractivity contribution >= 4 is 11.8 Å². The van der Waals surface area contributed by atoms with E-state index in [4.69, 9.17) is 0 Å². The van der Waals surface area contributed by atoms with E-state index >= 15 is 0 Å². The number of piperidine rings is 1. The number of rotatable bonds is 8. The fraction of sp³-hybridized carbons (Fsp3) is 0.393. The van der Waals surface area contributed by atoms with Gasteiger partial charge in [0.05, 0.1) is 16.9 Å². The summed E-state index contributed by atoms with van der Waals surface area (Å²) >= 11 is 0. The Kier molecular flexibility index (Phi) is 7.78. The average Bonchev–Trinajstić information content (AvgIpc) is 3.25. The largest absolute Gasteiger partial charge is 0.354 e. The Labute approximate surface area is 202 Å². The van der Waals surface area contributed by atoms with E-state index in [2.05, 4.69) is 29.5 Å². The quantitative estimate of drug-likeness (QED) is 0.538. The molecule has 1 atom stereocenters. The highest BCUT2D eigenvalue weighted by molar-refractivity contribution is 5.95. The summed E-state index contributed by atoms with van der Waals surface area (Å²) in [5, 5.41) is 7.68. The molecule has 6 nitrogen and oxygen atoms in total. The van der Waals surface area contributed by atoms with E-state index in [1.807, 2.05) is 66.6 Å². The molecule has 1 aliphatic heterocycles. The second-order valence-electron chi connectivity index (χ2n) is 9.34. The Bertz CT molecular complexity index is 1090. The molecule has 4 rings (SSSR count). The summed E-state index contributed by atoms with van der Waals surface area (Å²) in [7, 11) is 0. The van der Waals surface area contributed by atoms with Gasteiger partial charge >= 0.3 is 0 Å². The first-order chi connectivity index (χ1) is 16.5. The number of hydrogen-bond acceptors (Lipinski definition) is 3. The van der Waals surface area contributed by atoms with Gasteiger partial charge in [0, 0.05) is 31.7 Å². The first kappa shape index (κ1) is 23.7. The summed E-state index contributed by atoms with van der Waals surface area (Å²) in [6.07, 6.45) is 5.95. The molecular formula is C28H34N4O2. The molecule has 1 aromatic heterocycles. The van der Waals surface area contributed by atoms with Crippen LogP contribution in [0.25, 0.3) is 5.69 Å². The fourth-order valence-electron chi connectivity index (χ4n) is 4.59. The lowest BCUT2D eigenvalue weighted by atomic mass is 9.92. The van der Waals surface area contributed by atoms with Crippen molar-refractivity contribution in [3.63, 3.8) is 0 Å². The molecule has 0 spiro atoms. The second kappa shape index (κ2) is 11.1. The molecule has 0 saturated carbocycles. The van der Waals surface area contributed by atoms with Crippen molar-refractivity contribution < 1.29 is 9.59 Å². The highest BCUT2D eigenvalue weighted by atomic mass is 16.2. The van der Waals surface area contributed by atoms with Crippen LogP contribution in [0.3, 0.4) is 0 Å². The van der Waals surface area contributed by atoms with Crippen molar-refractivity contribution in [2.24, 2.45) is 5.92 Å². The Morgan fingerprint density at radius 1 is 1.03 bits per heavy atom. The lowest BCUT2D eigenvalue weighted by Crippen LogP contribution is -2.40. The fourth-order valence-corrected chi connectivity index (χ4v) is 4.59. The van der Waals surface area contributed by atoms with Crippen LogP contribution in [0.4, 0.5) is 0 Å². The summed E-state index contributed by atoms with van der Waals surface area (Å²) in [5.41, 5.74) is 3.62. The van der Waals surface area contributed by atoms with Crippen LogP contribution >= 0.6 is 0 Å². The van der Waals surface area contributed by atoms with Crippen LogP contribution in [0.2, 0.25) is 0 Å². The summed E-state index contributed by atoms with van der Waals surface area (Å²) in [4.78, 5) is 27.6. The number of likely N-dealkylation sites (tertiary alicyclic amines) is 1. The van der Waals surface area contributed by atoms with Gasteiger partial charge in [0.25, 0.3) is 5.91 Å². The third-order valence-corrected chi connectivity index (χ3v) is 6.64. The van der Waals surface area contributed by atoms with Crippen LogP contribution in [-0.4, -0.2) is 45.6 Å². The molecule has 2 heterocycles. The maximum Gasteiger partial charge on any atom is 0.257 e. The van der Waals surface area contributed by atoms with Gasteiger partial charge in [0.2, 0.25) is 5.91 Å². The van der Waals surface area contributed by atoms with E-state index in [9.17, 15) is 9.59 Å². The van der Waals surface area contributed by atoms with Gasteiger partial charge in [-0.15, -0.1) is 0 Å². The smallest absolute Gasteiger partial charge is 0.257 e. The molecule has 178 valence electrons. The van der Waals surface area contributed by atoms with Crippen molar-refractivity contribution in [1.29, 1.82) is 0 Å². The molecule has 3 aromatic rings. The van der Waals surface area contributed by atoms with Crippen LogP contribution in [0.1, 0.15) is 54.2 Å². The summed E-state index contributed by atoms with van der Waals surface area (Å²) in [6.45, 7) is 5.30. The van der Waals surface area contributed by atoms with Crippen LogP contribution in [0, 0.1) is 12.8 Å². The number of carbonyl (C=O) groups excluding carboxylic acids is 2. The van der Waals surface area contributed by atoms with Crippen molar-refractivity contribution in [3.05, 3.63) is 83.7 Å². The Balaban J connectivity index is 1.23. The normalized spacial score (nSPS) is 15.2. The first-order valence-electron chi connectivity index (χ1n) is 12.2. The zero-order valence-electron chi connectivity index (χ0n) is 20.1. The molecular weight excluding hydrogens is 424 g/mol. The minimum atomic E-state index is 0.0251. The molecule has 34 heavy (non-hydrogen) atoms. The SMILES string of the molecule is Cc1nn(-c2ccccc2)cc1C(=O)N1CCC(CC(=O)N[C@H](C)CCc2ccccc2)CC1. The Hall–Kier alpha value is -3.41. The molecule has 2 aromatic carbocycles. The number of nitrogens with zero attached hydrogens (tertiary/aromatic N) is 3. The van der Waals surface area contributed by atoms with Crippen LogP contribution in [0.5, 0.6) is 0 Å². The number of nitrogens with one attached hydrogen (secondary N) is 1. The number of aromatic nitrogens is 2. The third kappa shape index (κ3) is 6.13. The number of hydrogen-bond donors (Lipinski definition) is 1. The van der Waals surface area contributed by atoms with E-state index in [-0.39, 0.29) is 17.9 Å². The predicted molar refractivity (Wildman–Crippen MR) is 134 cm³/mol. The molecule has 0 unspecified atom stereocenters. The van der Waals surface area contributed by atoms with Crippen LogP contribution in [0.15, 0.2) is 66.9 Å². The van der Waals surface area contributed by atoms with E-state index in [0.29, 0.717) is 31.0 Å². The van der Waals surface area contributed by atoms with Crippen LogP contribution in [-0.2, 0) is 11.2 Å². The standard InChI is InChI=1S/C28H34N4O2/c1-21(13-14-23-9-5-3-6-10-23)29-27(33)19-24-15-17-31(18-16-24)28(34)26-20-32(30-22(26)2)25-11-7-4-8-12-25/h3-12,20-21,24H,13-19H2,1-2H3,(H,29,33)/t21-/m1/s1. The van der Waals surface area contributed by atoms with Gasteiger partial charge in [-0.05, 0) is 63.1 Å². The summed E-state index contributed by atoms with van der Waals surface area (Å²) in [5.74, 6) is 0.459. The average molecular weight is 459 g/mol. The molecule has 1 aliphatic rings. The monoisotopic (exact) mass is 458 g/mol. The molecule has 1 N–H and O–H groups in total. The molecule has 1 saturated heterocycles. The highest BCUT2D eigenvalue weighted by Crippen LogP contribution is 2.23. The van der Waals surface area contributed by atoms with Gasteiger partial charge < -0.3 is 10.2 Å². The van der Waals surface area contributed by atoms with Gasteiger partial charge in [-0.2, -0.15) is 5.10 Å². The maximum absolute atomic E-state index is 13.1.